The third kappa shape index (κ3) is 50.7. The first-order chi connectivity index (χ1) is 31.0. The molecule has 0 heterocycles. The molecule has 0 aliphatic heterocycles. The Kier molecular flexibility index (Phi) is 50.8. The summed E-state index contributed by atoms with van der Waals surface area (Å²) in [5.74, 6) is -0.867. The first-order valence-electron chi connectivity index (χ1n) is 27.8. The third-order valence-corrected chi connectivity index (χ3v) is 12.4. The fourth-order valence-corrected chi connectivity index (χ4v) is 8.21. The Balaban J connectivity index is 4.27. The summed E-state index contributed by atoms with van der Waals surface area (Å²) < 4.78 is 16.8. The summed E-state index contributed by atoms with van der Waals surface area (Å²) in [6, 6.07) is 0. The molecule has 0 fully saturated rings. The molecular formula is C57H106O6. The third-order valence-electron chi connectivity index (χ3n) is 12.4. The van der Waals surface area contributed by atoms with Crippen molar-refractivity contribution in [1.82, 2.24) is 0 Å². The molecule has 63 heavy (non-hydrogen) atoms. The molecule has 370 valence electrons. The van der Waals surface area contributed by atoms with Crippen LogP contribution in [0.2, 0.25) is 0 Å². The zero-order chi connectivity index (χ0) is 45.8. The van der Waals surface area contributed by atoms with E-state index in [4.69, 9.17) is 14.2 Å². The molecular weight excluding hydrogens is 781 g/mol. The van der Waals surface area contributed by atoms with E-state index >= 15 is 0 Å². The summed E-state index contributed by atoms with van der Waals surface area (Å²) in [7, 11) is 0. The molecule has 0 saturated heterocycles. The molecule has 0 amide bonds. The highest BCUT2D eigenvalue weighted by atomic mass is 16.6. The lowest BCUT2D eigenvalue weighted by atomic mass is 10.0. The van der Waals surface area contributed by atoms with E-state index in [2.05, 4.69) is 45.1 Å². The zero-order valence-electron chi connectivity index (χ0n) is 42.4. The van der Waals surface area contributed by atoms with Gasteiger partial charge in [-0.25, -0.2) is 0 Å². The van der Waals surface area contributed by atoms with Crippen molar-refractivity contribution in [2.75, 3.05) is 13.2 Å². The lowest BCUT2D eigenvalue weighted by molar-refractivity contribution is -0.167. The largest absolute Gasteiger partial charge is 0.462 e. The van der Waals surface area contributed by atoms with Crippen LogP contribution in [0.4, 0.5) is 0 Å². The molecule has 0 aliphatic rings. The summed E-state index contributed by atoms with van der Waals surface area (Å²) in [4.78, 5) is 38.0. The van der Waals surface area contributed by atoms with Crippen molar-refractivity contribution in [3.05, 3.63) is 24.3 Å². The van der Waals surface area contributed by atoms with Crippen molar-refractivity contribution in [2.24, 2.45) is 0 Å². The topological polar surface area (TPSA) is 78.9 Å². The Morgan fingerprint density at radius 3 is 0.857 bits per heavy atom. The highest BCUT2D eigenvalue weighted by Crippen LogP contribution is 2.16. The zero-order valence-corrected chi connectivity index (χ0v) is 42.4. The predicted octanol–water partition coefficient (Wildman–Crippen LogP) is 18.3. The number of esters is 3. The van der Waals surface area contributed by atoms with Crippen molar-refractivity contribution in [3.63, 3.8) is 0 Å². The number of hydrogen-bond donors (Lipinski definition) is 0. The van der Waals surface area contributed by atoms with Gasteiger partial charge in [-0.1, -0.05) is 244 Å². The van der Waals surface area contributed by atoms with E-state index in [1.807, 2.05) is 0 Å². The van der Waals surface area contributed by atoms with Crippen molar-refractivity contribution < 1.29 is 28.6 Å². The first kappa shape index (κ1) is 60.9. The van der Waals surface area contributed by atoms with Crippen LogP contribution in [-0.2, 0) is 28.6 Å². The van der Waals surface area contributed by atoms with E-state index in [0.717, 1.165) is 70.6 Å². The molecule has 0 rings (SSSR count). The van der Waals surface area contributed by atoms with Crippen LogP contribution in [0.5, 0.6) is 0 Å². The Morgan fingerprint density at radius 2 is 0.556 bits per heavy atom. The molecule has 0 aliphatic carbocycles. The molecule has 1 atom stereocenters. The molecule has 0 aromatic carbocycles. The maximum absolute atomic E-state index is 12.8. The fraction of sp³-hybridized carbons (Fsp3) is 0.877. The number of carbonyl (C=O) groups is 3. The molecule has 0 saturated carbocycles. The van der Waals surface area contributed by atoms with E-state index in [1.165, 1.54) is 193 Å². The van der Waals surface area contributed by atoms with Crippen LogP contribution >= 0.6 is 0 Å². The Hall–Kier alpha value is -2.11. The average Bonchev–Trinajstić information content (AvgIpc) is 3.28. The highest BCUT2D eigenvalue weighted by molar-refractivity contribution is 5.71. The van der Waals surface area contributed by atoms with Gasteiger partial charge in [-0.2, -0.15) is 0 Å². The van der Waals surface area contributed by atoms with Crippen molar-refractivity contribution >= 4 is 17.9 Å². The average molecular weight is 887 g/mol. The van der Waals surface area contributed by atoms with Crippen molar-refractivity contribution in [2.45, 2.75) is 309 Å². The first-order valence-corrected chi connectivity index (χ1v) is 27.8. The van der Waals surface area contributed by atoms with Crippen LogP contribution in [-0.4, -0.2) is 37.2 Å². The second-order valence-corrected chi connectivity index (χ2v) is 18.8. The SMILES string of the molecule is CCC/C=C\CCCCCCCC(=O)OCC(COC(=O)CCCCCCCCCCC/C=C\CCCCCCCC)OC(=O)CCCCCCCCCCCCCCCCCC. The summed E-state index contributed by atoms with van der Waals surface area (Å²) in [6.07, 6.45) is 60.3. The molecule has 0 N–H and O–H groups in total. The van der Waals surface area contributed by atoms with Crippen LogP contribution in [0.25, 0.3) is 0 Å². The summed E-state index contributed by atoms with van der Waals surface area (Å²) in [5, 5.41) is 0. The number of rotatable bonds is 51. The van der Waals surface area contributed by atoms with Gasteiger partial charge in [0, 0.05) is 19.3 Å². The predicted molar refractivity (Wildman–Crippen MR) is 270 cm³/mol. The molecule has 0 spiro atoms. The molecule has 1 unspecified atom stereocenters. The minimum absolute atomic E-state index is 0.0710. The second kappa shape index (κ2) is 52.5. The Bertz CT molecular complexity index is 1020. The van der Waals surface area contributed by atoms with Gasteiger partial charge in [-0.3, -0.25) is 14.4 Å². The van der Waals surface area contributed by atoms with Gasteiger partial charge in [0.2, 0.25) is 0 Å². The standard InChI is InChI=1S/C57H106O6/c1-4-7-10-13-16-19-22-24-26-28-29-30-32-33-35-38-41-44-47-50-56(59)62-53-54(52-61-55(58)49-46-43-40-37-21-18-15-12-9-6-3)63-57(60)51-48-45-42-39-36-34-31-27-25-23-20-17-14-11-8-5-2/h12,15,24,26,54H,4-11,13-14,16-23,25,27-53H2,1-3H3/b15-12-,26-24-. The van der Waals surface area contributed by atoms with E-state index in [0.29, 0.717) is 19.3 Å². The molecule has 0 radical (unpaired) electrons. The van der Waals surface area contributed by atoms with Gasteiger partial charge in [-0.15, -0.1) is 0 Å². The highest BCUT2D eigenvalue weighted by Gasteiger charge is 2.19. The number of ether oxygens (including phenoxy) is 3. The Morgan fingerprint density at radius 1 is 0.302 bits per heavy atom. The second-order valence-electron chi connectivity index (χ2n) is 18.8. The lowest BCUT2D eigenvalue weighted by Crippen LogP contribution is -2.30. The summed E-state index contributed by atoms with van der Waals surface area (Å²) in [6.45, 7) is 6.61. The number of allylic oxidation sites excluding steroid dienone is 4. The summed E-state index contributed by atoms with van der Waals surface area (Å²) >= 11 is 0. The van der Waals surface area contributed by atoms with Crippen LogP contribution in [0.3, 0.4) is 0 Å². The number of carbonyl (C=O) groups excluding carboxylic acids is 3. The molecule has 0 aromatic rings. The normalized spacial score (nSPS) is 12.1. The van der Waals surface area contributed by atoms with Crippen molar-refractivity contribution in [1.29, 1.82) is 0 Å². The smallest absolute Gasteiger partial charge is 0.306 e. The van der Waals surface area contributed by atoms with Crippen LogP contribution in [0.1, 0.15) is 303 Å². The van der Waals surface area contributed by atoms with Gasteiger partial charge in [0.05, 0.1) is 0 Å². The molecule has 6 heteroatoms. The van der Waals surface area contributed by atoms with Gasteiger partial charge < -0.3 is 14.2 Å². The van der Waals surface area contributed by atoms with Gasteiger partial charge >= 0.3 is 17.9 Å². The monoisotopic (exact) mass is 887 g/mol. The van der Waals surface area contributed by atoms with E-state index in [9.17, 15) is 14.4 Å². The molecule has 0 bridgehead atoms. The molecule has 6 nitrogen and oxygen atoms in total. The van der Waals surface area contributed by atoms with E-state index in [1.54, 1.807) is 0 Å². The fourth-order valence-electron chi connectivity index (χ4n) is 8.21. The van der Waals surface area contributed by atoms with E-state index < -0.39 is 6.10 Å². The van der Waals surface area contributed by atoms with Gasteiger partial charge in [-0.05, 0) is 64.2 Å². The number of unbranched alkanes of at least 4 members (excludes halogenated alkanes) is 36. The van der Waals surface area contributed by atoms with E-state index in [-0.39, 0.29) is 31.1 Å². The van der Waals surface area contributed by atoms with Gasteiger partial charge in [0.1, 0.15) is 13.2 Å². The maximum atomic E-state index is 12.8. The summed E-state index contributed by atoms with van der Waals surface area (Å²) in [5.41, 5.74) is 0. The van der Waals surface area contributed by atoms with Crippen LogP contribution in [0.15, 0.2) is 24.3 Å². The molecule has 0 aromatic heterocycles. The Labute approximate surface area is 392 Å². The van der Waals surface area contributed by atoms with Crippen molar-refractivity contribution in [3.8, 4) is 0 Å². The van der Waals surface area contributed by atoms with Crippen LogP contribution in [0, 0.1) is 0 Å². The van der Waals surface area contributed by atoms with Gasteiger partial charge in [0.25, 0.3) is 0 Å². The minimum Gasteiger partial charge on any atom is -0.462 e. The quantitative estimate of drug-likeness (QED) is 0.0262. The maximum Gasteiger partial charge on any atom is 0.306 e. The minimum atomic E-state index is -0.770. The lowest BCUT2D eigenvalue weighted by Gasteiger charge is -2.18. The number of hydrogen-bond acceptors (Lipinski definition) is 6. The van der Waals surface area contributed by atoms with Gasteiger partial charge in [0.15, 0.2) is 6.10 Å². The van der Waals surface area contributed by atoms with Crippen LogP contribution < -0.4 is 0 Å².